The molecule has 1 fully saturated rings. The summed E-state index contributed by atoms with van der Waals surface area (Å²) in [5.74, 6) is -0.370. The molecule has 0 saturated carbocycles. The molecule has 9 heteroatoms. The summed E-state index contributed by atoms with van der Waals surface area (Å²) in [7, 11) is 0. The molecule has 8 nitrogen and oxygen atoms in total. The van der Waals surface area contributed by atoms with Crippen LogP contribution in [0.15, 0.2) is 24.4 Å². The number of carbonyl (C=O) groups excluding carboxylic acids is 1. The van der Waals surface area contributed by atoms with E-state index in [1.165, 1.54) is 4.88 Å². The van der Waals surface area contributed by atoms with Crippen LogP contribution in [0, 0.1) is 0 Å². The molecular weight excluding hydrogens is 416 g/mol. The van der Waals surface area contributed by atoms with Gasteiger partial charge in [0.25, 0.3) is 0 Å². The zero-order valence-electron chi connectivity index (χ0n) is 18.5. The fourth-order valence-corrected chi connectivity index (χ4v) is 4.51. The lowest BCUT2D eigenvalue weighted by Crippen LogP contribution is -2.50. The van der Waals surface area contributed by atoms with Gasteiger partial charge in [-0.3, -0.25) is 4.79 Å². The van der Waals surface area contributed by atoms with Gasteiger partial charge in [0, 0.05) is 24.2 Å². The zero-order valence-corrected chi connectivity index (χ0v) is 19.3. The van der Waals surface area contributed by atoms with Crippen molar-refractivity contribution in [2.75, 3.05) is 18.4 Å². The van der Waals surface area contributed by atoms with E-state index in [-0.39, 0.29) is 12.8 Å². The van der Waals surface area contributed by atoms with Crippen LogP contribution in [-0.2, 0) is 21.4 Å². The van der Waals surface area contributed by atoms with Gasteiger partial charge in [0.15, 0.2) is 5.13 Å². The lowest BCUT2D eigenvalue weighted by atomic mass is 9.75. The van der Waals surface area contributed by atoms with Gasteiger partial charge in [0.1, 0.15) is 16.8 Å². The van der Waals surface area contributed by atoms with E-state index in [4.69, 9.17) is 4.74 Å². The van der Waals surface area contributed by atoms with Crippen LogP contribution in [0.25, 0.3) is 0 Å². The highest BCUT2D eigenvalue weighted by molar-refractivity contribution is 7.15. The molecule has 0 spiro atoms. The van der Waals surface area contributed by atoms with Crippen LogP contribution in [-0.4, -0.2) is 50.7 Å². The molecule has 0 atom stereocenters. The molecule has 3 heterocycles. The molecule has 1 saturated heterocycles. The van der Waals surface area contributed by atoms with Crippen molar-refractivity contribution in [2.24, 2.45) is 0 Å². The Hall–Kier alpha value is -2.68. The standard InChI is InChI=1S/C22H30N4O4S/c1-5-7-15-14-23-19(31-15)25-17-9-6-8-16(24-17)22(18(27)28)10-12-26(13-11-22)20(29)30-21(2,3)4/h6,8-9,14H,5,7,10-13H2,1-4H3,(H,27,28)(H,23,24,25). The van der Waals surface area contributed by atoms with Gasteiger partial charge >= 0.3 is 12.1 Å². The summed E-state index contributed by atoms with van der Waals surface area (Å²) in [6.45, 7) is 8.16. The van der Waals surface area contributed by atoms with E-state index in [1.807, 2.05) is 27.0 Å². The molecule has 0 radical (unpaired) electrons. The Kier molecular flexibility index (Phi) is 6.83. The maximum Gasteiger partial charge on any atom is 0.410 e. The maximum absolute atomic E-state index is 12.4. The number of carboxylic acids is 1. The molecule has 1 aliphatic heterocycles. The molecule has 1 amide bonds. The number of amides is 1. The van der Waals surface area contributed by atoms with E-state index in [0.717, 1.165) is 18.0 Å². The number of ether oxygens (including phenoxy) is 1. The van der Waals surface area contributed by atoms with Crippen LogP contribution >= 0.6 is 11.3 Å². The van der Waals surface area contributed by atoms with Crippen LogP contribution in [0.5, 0.6) is 0 Å². The van der Waals surface area contributed by atoms with E-state index in [0.29, 0.717) is 24.6 Å². The third-order valence-corrected chi connectivity index (χ3v) is 6.17. The van der Waals surface area contributed by atoms with Crippen molar-refractivity contribution in [3.05, 3.63) is 35.0 Å². The average molecular weight is 447 g/mol. The highest BCUT2D eigenvalue weighted by Crippen LogP contribution is 2.36. The largest absolute Gasteiger partial charge is 0.481 e. The Balaban J connectivity index is 1.75. The summed E-state index contributed by atoms with van der Waals surface area (Å²) in [4.78, 5) is 36.4. The summed E-state index contributed by atoms with van der Waals surface area (Å²) in [5, 5.41) is 14.0. The van der Waals surface area contributed by atoms with Gasteiger partial charge in [-0.15, -0.1) is 11.3 Å². The smallest absolute Gasteiger partial charge is 0.410 e. The zero-order chi connectivity index (χ0) is 22.6. The van der Waals surface area contributed by atoms with Crippen LogP contribution in [0.3, 0.4) is 0 Å². The quantitative estimate of drug-likeness (QED) is 0.669. The molecule has 2 aromatic heterocycles. The first-order valence-corrected chi connectivity index (χ1v) is 11.4. The number of pyridine rings is 1. The number of likely N-dealkylation sites (tertiary alicyclic amines) is 1. The highest BCUT2D eigenvalue weighted by Gasteiger charge is 2.45. The molecule has 2 aromatic rings. The monoisotopic (exact) mass is 446 g/mol. The molecule has 0 bridgehead atoms. The molecule has 1 aliphatic rings. The minimum absolute atomic E-state index is 0.274. The van der Waals surface area contributed by atoms with E-state index in [2.05, 4.69) is 22.2 Å². The molecule has 0 aromatic carbocycles. The van der Waals surface area contributed by atoms with Gasteiger partial charge < -0.3 is 20.1 Å². The second-order valence-corrected chi connectivity index (χ2v) is 9.88. The second-order valence-electron chi connectivity index (χ2n) is 8.77. The summed E-state index contributed by atoms with van der Waals surface area (Å²) in [5.41, 5.74) is -1.25. The molecule has 2 N–H and O–H groups in total. The van der Waals surface area contributed by atoms with E-state index in [1.54, 1.807) is 34.4 Å². The fourth-order valence-electron chi connectivity index (χ4n) is 3.58. The maximum atomic E-state index is 12.4. The number of rotatable bonds is 6. The number of thiazole rings is 1. The summed E-state index contributed by atoms with van der Waals surface area (Å²) in [6.07, 6.45) is 4.01. The first-order chi connectivity index (χ1) is 14.6. The van der Waals surface area contributed by atoms with Crippen molar-refractivity contribution in [2.45, 2.75) is 64.4 Å². The van der Waals surface area contributed by atoms with Crippen molar-refractivity contribution in [1.82, 2.24) is 14.9 Å². The molecule has 0 unspecified atom stereocenters. The number of hydrogen-bond acceptors (Lipinski definition) is 7. The number of nitrogens with zero attached hydrogens (tertiary/aromatic N) is 3. The lowest BCUT2D eigenvalue weighted by Gasteiger charge is -2.38. The first-order valence-electron chi connectivity index (χ1n) is 10.5. The number of aryl methyl sites for hydroxylation is 1. The summed E-state index contributed by atoms with van der Waals surface area (Å²) < 4.78 is 5.42. The van der Waals surface area contributed by atoms with Crippen molar-refractivity contribution >= 4 is 34.3 Å². The van der Waals surface area contributed by atoms with Crippen LogP contribution < -0.4 is 5.32 Å². The molecule has 168 valence electrons. The van der Waals surface area contributed by atoms with Gasteiger partial charge in [0.2, 0.25) is 0 Å². The Bertz CT molecular complexity index is 930. The minimum Gasteiger partial charge on any atom is -0.481 e. The van der Waals surface area contributed by atoms with Gasteiger partial charge in [-0.05, 0) is 52.2 Å². The predicted octanol–water partition coefficient (Wildman–Crippen LogP) is 4.59. The summed E-state index contributed by atoms with van der Waals surface area (Å²) >= 11 is 1.57. The number of carbonyl (C=O) groups is 2. The third-order valence-electron chi connectivity index (χ3n) is 5.20. The van der Waals surface area contributed by atoms with E-state index < -0.39 is 23.1 Å². The number of nitrogens with one attached hydrogen (secondary N) is 1. The third kappa shape index (κ3) is 5.52. The molecular formula is C22H30N4O4S. The topological polar surface area (TPSA) is 105 Å². The first kappa shape index (κ1) is 23.0. The molecule has 31 heavy (non-hydrogen) atoms. The van der Waals surface area contributed by atoms with Crippen molar-refractivity contribution in [1.29, 1.82) is 0 Å². The van der Waals surface area contributed by atoms with Gasteiger partial charge in [0.05, 0.1) is 5.69 Å². The minimum atomic E-state index is -1.15. The fraction of sp³-hybridized carbons (Fsp3) is 0.545. The van der Waals surface area contributed by atoms with Crippen LogP contribution in [0.4, 0.5) is 15.7 Å². The number of hydrogen-bond donors (Lipinski definition) is 2. The SMILES string of the molecule is CCCc1cnc(Nc2cccc(C3(C(=O)O)CCN(C(=O)OC(C)(C)C)CC3)n2)s1. The average Bonchev–Trinajstić information content (AvgIpc) is 3.14. The second kappa shape index (κ2) is 9.21. The number of aromatic nitrogens is 2. The van der Waals surface area contributed by atoms with Gasteiger partial charge in [-0.2, -0.15) is 0 Å². The number of anilines is 2. The predicted molar refractivity (Wildman–Crippen MR) is 120 cm³/mol. The Morgan fingerprint density at radius 1 is 1.29 bits per heavy atom. The van der Waals surface area contributed by atoms with Crippen LogP contribution in [0.2, 0.25) is 0 Å². The van der Waals surface area contributed by atoms with Gasteiger partial charge in [-0.1, -0.05) is 19.4 Å². The summed E-state index contributed by atoms with van der Waals surface area (Å²) in [6, 6.07) is 5.35. The van der Waals surface area contributed by atoms with E-state index in [9.17, 15) is 14.7 Å². The number of piperidine rings is 1. The van der Waals surface area contributed by atoms with E-state index >= 15 is 0 Å². The van der Waals surface area contributed by atoms with Crippen molar-refractivity contribution in [3.63, 3.8) is 0 Å². The number of aliphatic carboxylic acids is 1. The Morgan fingerprint density at radius 3 is 2.61 bits per heavy atom. The number of carboxylic acid groups (broad SMARTS) is 1. The molecule has 0 aliphatic carbocycles. The van der Waals surface area contributed by atoms with Crippen molar-refractivity contribution < 1.29 is 19.4 Å². The molecule has 3 rings (SSSR count). The Labute approximate surface area is 186 Å². The Morgan fingerprint density at radius 2 is 2.00 bits per heavy atom. The highest BCUT2D eigenvalue weighted by atomic mass is 32.1. The normalized spacial score (nSPS) is 16.1. The van der Waals surface area contributed by atoms with Crippen LogP contribution in [0.1, 0.15) is 57.5 Å². The van der Waals surface area contributed by atoms with Crippen molar-refractivity contribution in [3.8, 4) is 0 Å². The van der Waals surface area contributed by atoms with Gasteiger partial charge in [-0.25, -0.2) is 14.8 Å². The lowest BCUT2D eigenvalue weighted by molar-refractivity contribution is -0.146.